The summed E-state index contributed by atoms with van der Waals surface area (Å²) >= 11 is 0. The van der Waals surface area contributed by atoms with Crippen LogP contribution in [0, 0.1) is 5.92 Å². The van der Waals surface area contributed by atoms with Crippen LogP contribution in [0.3, 0.4) is 0 Å². The van der Waals surface area contributed by atoms with Gasteiger partial charge < -0.3 is 10.0 Å². The Bertz CT molecular complexity index is 1310. The zero-order valence-corrected chi connectivity index (χ0v) is 22.1. The number of nitrogens with zero attached hydrogens (tertiary/aromatic N) is 6. The van der Waals surface area contributed by atoms with Gasteiger partial charge in [0.25, 0.3) is 0 Å². The maximum atomic E-state index is 12.6. The largest absolute Gasteiger partial charge is 0.465 e. The van der Waals surface area contributed by atoms with Crippen molar-refractivity contribution in [3.8, 4) is 5.69 Å². The molecule has 202 valence electrons. The minimum absolute atomic E-state index is 0.175. The predicted molar refractivity (Wildman–Crippen MR) is 145 cm³/mol. The highest BCUT2D eigenvalue weighted by atomic mass is 16.4. The monoisotopic (exact) mass is 520 g/mol. The standard InChI is InChI=1S/C28H36N6O4/c1-21(2)19-33(28(37)38)23-9-6-8-22(16-23)17-25-26(35)11-15-34(30-25)24-18-29-32(20-24)14-7-10-27(36)31-12-4-3-5-13-31/h6,8-9,11,15-16,18,20-21H,3-5,7,10,12-14,17,19H2,1-2H3,(H,37,38). The van der Waals surface area contributed by atoms with E-state index in [1.54, 1.807) is 40.0 Å². The van der Waals surface area contributed by atoms with Crippen LogP contribution in [-0.2, 0) is 17.8 Å². The molecule has 1 N–H and O–H groups in total. The van der Waals surface area contributed by atoms with Gasteiger partial charge in [0.15, 0.2) is 0 Å². The predicted octanol–water partition coefficient (Wildman–Crippen LogP) is 3.95. The van der Waals surface area contributed by atoms with Gasteiger partial charge in [0, 0.05) is 57.0 Å². The van der Waals surface area contributed by atoms with E-state index in [2.05, 4.69) is 10.2 Å². The average Bonchev–Trinajstić information content (AvgIpc) is 3.38. The van der Waals surface area contributed by atoms with Crippen molar-refractivity contribution in [2.45, 2.75) is 58.9 Å². The summed E-state index contributed by atoms with van der Waals surface area (Å²) in [5.41, 5.74) is 2.26. The van der Waals surface area contributed by atoms with Crippen molar-refractivity contribution in [2.75, 3.05) is 24.5 Å². The highest BCUT2D eigenvalue weighted by Crippen LogP contribution is 2.19. The van der Waals surface area contributed by atoms with Crippen LogP contribution in [-0.4, -0.2) is 61.2 Å². The minimum atomic E-state index is -1.01. The molecule has 1 aliphatic heterocycles. The zero-order chi connectivity index (χ0) is 27.1. The summed E-state index contributed by atoms with van der Waals surface area (Å²) in [7, 11) is 0. The molecule has 0 aliphatic carbocycles. The van der Waals surface area contributed by atoms with Gasteiger partial charge in [-0.25, -0.2) is 9.48 Å². The number of hydrogen-bond donors (Lipinski definition) is 1. The Kier molecular flexibility index (Phi) is 8.93. The van der Waals surface area contributed by atoms with Crippen molar-refractivity contribution >= 4 is 17.7 Å². The van der Waals surface area contributed by atoms with Gasteiger partial charge in [0.05, 0.1) is 12.4 Å². The molecule has 4 rings (SSSR count). The molecule has 1 saturated heterocycles. The third-order valence-electron chi connectivity index (χ3n) is 6.62. The van der Waals surface area contributed by atoms with E-state index in [1.807, 2.05) is 31.0 Å². The Balaban J connectivity index is 1.41. The number of benzene rings is 1. The van der Waals surface area contributed by atoms with Crippen LogP contribution in [0.25, 0.3) is 5.69 Å². The molecule has 0 spiro atoms. The van der Waals surface area contributed by atoms with Gasteiger partial charge in [0.2, 0.25) is 11.3 Å². The lowest BCUT2D eigenvalue weighted by Gasteiger charge is -2.26. The number of aromatic nitrogens is 4. The van der Waals surface area contributed by atoms with Crippen LogP contribution in [0.2, 0.25) is 0 Å². The second-order valence-corrected chi connectivity index (χ2v) is 10.2. The number of rotatable bonds is 10. The van der Waals surface area contributed by atoms with Crippen LogP contribution >= 0.6 is 0 Å². The molecular formula is C28H36N6O4. The van der Waals surface area contributed by atoms with E-state index >= 15 is 0 Å². The van der Waals surface area contributed by atoms with E-state index in [9.17, 15) is 19.5 Å². The fourth-order valence-corrected chi connectivity index (χ4v) is 4.69. The number of carbonyl (C=O) groups excluding carboxylic acids is 1. The van der Waals surface area contributed by atoms with Gasteiger partial charge in [-0.1, -0.05) is 26.0 Å². The zero-order valence-electron chi connectivity index (χ0n) is 22.1. The highest BCUT2D eigenvalue weighted by Gasteiger charge is 2.17. The summed E-state index contributed by atoms with van der Waals surface area (Å²) in [6, 6.07) is 8.68. The van der Waals surface area contributed by atoms with Crippen molar-refractivity contribution in [1.82, 2.24) is 24.5 Å². The summed E-state index contributed by atoms with van der Waals surface area (Å²) in [5, 5.41) is 18.6. The number of hydrogen-bond acceptors (Lipinski definition) is 5. The molecule has 0 unspecified atom stereocenters. The van der Waals surface area contributed by atoms with E-state index in [1.165, 1.54) is 17.4 Å². The van der Waals surface area contributed by atoms with Gasteiger partial charge in [-0.2, -0.15) is 10.2 Å². The number of amides is 2. The quantitative estimate of drug-likeness (QED) is 0.433. The molecule has 1 aliphatic rings. The van der Waals surface area contributed by atoms with Crippen LogP contribution in [0.4, 0.5) is 10.5 Å². The van der Waals surface area contributed by atoms with Crippen LogP contribution in [0.5, 0.6) is 0 Å². The topological polar surface area (TPSA) is 114 Å². The second-order valence-electron chi connectivity index (χ2n) is 10.2. The molecule has 0 saturated carbocycles. The lowest BCUT2D eigenvalue weighted by atomic mass is 10.1. The van der Waals surface area contributed by atoms with E-state index in [0.717, 1.165) is 37.2 Å². The maximum absolute atomic E-state index is 12.6. The molecular weight excluding hydrogens is 484 g/mol. The van der Waals surface area contributed by atoms with E-state index in [4.69, 9.17) is 0 Å². The first-order valence-corrected chi connectivity index (χ1v) is 13.3. The third-order valence-corrected chi connectivity index (χ3v) is 6.62. The summed E-state index contributed by atoms with van der Waals surface area (Å²) in [6.45, 7) is 6.67. The molecule has 10 heteroatoms. The van der Waals surface area contributed by atoms with E-state index in [-0.39, 0.29) is 23.7 Å². The lowest BCUT2D eigenvalue weighted by Crippen LogP contribution is -2.35. The normalized spacial score (nSPS) is 13.6. The molecule has 3 aromatic rings. The van der Waals surface area contributed by atoms with Crippen molar-refractivity contribution in [1.29, 1.82) is 0 Å². The van der Waals surface area contributed by atoms with E-state index < -0.39 is 6.09 Å². The van der Waals surface area contributed by atoms with Gasteiger partial charge in [-0.05, 0) is 49.3 Å². The number of piperidine rings is 1. The summed E-state index contributed by atoms with van der Waals surface area (Å²) in [5.74, 6) is 0.386. The molecule has 38 heavy (non-hydrogen) atoms. The SMILES string of the molecule is CC(C)CN(C(=O)O)c1cccc(Cc2nn(-c3cnn(CCCC(=O)N4CCCCC4)c3)ccc2=O)c1. The van der Waals surface area contributed by atoms with Crippen molar-refractivity contribution in [2.24, 2.45) is 5.92 Å². The van der Waals surface area contributed by atoms with Gasteiger partial charge >= 0.3 is 6.09 Å². The van der Waals surface area contributed by atoms with Crippen molar-refractivity contribution in [3.63, 3.8) is 0 Å². The van der Waals surface area contributed by atoms with Crippen molar-refractivity contribution in [3.05, 3.63) is 70.4 Å². The lowest BCUT2D eigenvalue weighted by molar-refractivity contribution is -0.132. The number of anilines is 1. The molecule has 2 amide bonds. The van der Waals surface area contributed by atoms with Gasteiger partial charge in [0.1, 0.15) is 11.4 Å². The van der Waals surface area contributed by atoms with Gasteiger partial charge in [-0.15, -0.1) is 0 Å². The number of likely N-dealkylation sites (tertiary alicyclic amines) is 1. The average molecular weight is 521 g/mol. The minimum Gasteiger partial charge on any atom is -0.465 e. The van der Waals surface area contributed by atoms with Crippen LogP contribution in [0.1, 0.15) is 57.2 Å². The molecule has 3 heterocycles. The molecule has 10 nitrogen and oxygen atoms in total. The summed E-state index contributed by atoms with van der Waals surface area (Å²) in [4.78, 5) is 40.0. The maximum Gasteiger partial charge on any atom is 0.411 e. The molecule has 2 aromatic heterocycles. The van der Waals surface area contributed by atoms with Crippen LogP contribution in [0.15, 0.2) is 53.7 Å². The second kappa shape index (κ2) is 12.5. The first-order valence-electron chi connectivity index (χ1n) is 13.3. The summed E-state index contributed by atoms with van der Waals surface area (Å²) in [6.07, 6.45) is 9.01. The Hall–Kier alpha value is -3.95. The Morgan fingerprint density at radius 1 is 1.13 bits per heavy atom. The smallest absolute Gasteiger partial charge is 0.411 e. The Labute approximate surface area is 222 Å². The molecule has 1 fully saturated rings. The molecule has 0 radical (unpaired) electrons. The molecule has 0 bridgehead atoms. The fraction of sp³-hybridized carbons (Fsp3) is 0.464. The summed E-state index contributed by atoms with van der Waals surface area (Å²) < 4.78 is 3.41. The van der Waals surface area contributed by atoms with Crippen LogP contribution < -0.4 is 10.3 Å². The van der Waals surface area contributed by atoms with Crippen molar-refractivity contribution < 1.29 is 14.7 Å². The highest BCUT2D eigenvalue weighted by molar-refractivity contribution is 5.86. The number of aryl methyl sites for hydroxylation is 1. The molecule has 1 aromatic carbocycles. The Morgan fingerprint density at radius 2 is 1.92 bits per heavy atom. The first-order chi connectivity index (χ1) is 18.3. The first kappa shape index (κ1) is 27.1. The Morgan fingerprint density at radius 3 is 2.66 bits per heavy atom. The number of carboxylic acid groups (broad SMARTS) is 1. The molecule has 0 atom stereocenters. The number of carbonyl (C=O) groups is 2. The third kappa shape index (κ3) is 7.08. The van der Waals surface area contributed by atoms with E-state index in [0.29, 0.717) is 37.3 Å². The fourth-order valence-electron chi connectivity index (χ4n) is 4.69. The van der Waals surface area contributed by atoms with Gasteiger partial charge in [-0.3, -0.25) is 19.2 Å².